The molecule has 0 radical (unpaired) electrons. The topological polar surface area (TPSA) is 59.2 Å². The molecule has 1 aromatic rings. The van der Waals surface area contributed by atoms with E-state index < -0.39 is 0 Å². The molecule has 1 amide bonds. The first-order chi connectivity index (χ1) is 9.16. The number of nitrogens with zero attached hydrogens (tertiary/aromatic N) is 2. The van der Waals surface area contributed by atoms with E-state index in [1.54, 1.807) is 17.3 Å². The summed E-state index contributed by atoms with van der Waals surface area (Å²) in [7, 11) is 1.85. The molecule has 104 valence electrons. The molecule has 2 rings (SSSR count). The number of nitrogens with two attached hydrogens (primary N) is 1. The first kappa shape index (κ1) is 14.0. The molecule has 0 aromatic carbocycles. The van der Waals surface area contributed by atoms with Gasteiger partial charge < -0.3 is 10.6 Å². The number of pyridine rings is 1. The number of hydrogen-bond donors (Lipinski definition) is 1. The summed E-state index contributed by atoms with van der Waals surface area (Å²) >= 11 is 0. The number of amides is 1. The molecule has 2 unspecified atom stereocenters. The number of carbonyl (C=O) groups excluding carboxylic acids is 1. The predicted molar refractivity (Wildman–Crippen MR) is 75.3 cm³/mol. The number of rotatable bonds is 4. The molecule has 1 aliphatic carbocycles. The van der Waals surface area contributed by atoms with Gasteiger partial charge in [0.15, 0.2) is 0 Å². The van der Waals surface area contributed by atoms with Crippen molar-refractivity contribution >= 4 is 5.91 Å². The molecular formula is C15H23N3O. The third kappa shape index (κ3) is 4.03. The summed E-state index contributed by atoms with van der Waals surface area (Å²) in [5, 5.41) is 0. The quantitative estimate of drug-likeness (QED) is 0.901. The molecule has 2 atom stereocenters. The summed E-state index contributed by atoms with van der Waals surface area (Å²) in [4.78, 5) is 18.1. The molecule has 0 saturated heterocycles. The van der Waals surface area contributed by atoms with Crippen LogP contribution in [0.4, 0.5) is 0 Å². The summed E-state index contributed by atoms with van der Waals surface area (Å²) in [6.45, 7) is 0.620. The monoisotopic (exact) mass is 261 g/mol. The van der Waals surface area contributed by atoms with Gasteiger partial charge in [-0.05, 0) is 30.4 Å². The molecule has 1 aromatic heterocycles. The van der Waals surface area contributed by atoms with E-state index in [0.717, 1.165) is 18.4 Å². The minimum Gasteiger partial charge on any atom is -0.341 e. The lowest BCUT2D eigenvalue weighted by Crippen LogP contribution is -2.37. The Hall–Kier alpha value is -1.42. The SMILES string of the molecule is CN(Cc1cccnc1)C(=O)CC1CCCCC1N. The maximum atomic E-state index is 12.2. The van der Waals surface area contributed by atoms with Crippen LogP contribution in [0.1, 0.15) is 37.7 Å². The van der Waals surface area contributed by atoms with E-state index in [2.05, 4.69) is 4.98 Å². The predicted octanol–water partition coefficient (Wildman–Crippen LogP) is 1.95. The number of carbonyl (C=O) groups is 1. The fourth-order valence-electron chi connectivity index (χ4n) is 2.72. The van der Waals surface area contributed by atoms with Gasteiger partial charge in [0.1, 0.15) is 0 Å². The maximum Gasteiger partial charge on any atom is 0.222 e. The molecular weight excluding hydrogens is 238 g/mol. The lowest BCUT2D eigenvalue weighted by atomic mass is 9.83. The summed E-state index contributed by atoms with van der Waals surface area (Å²) in [6, 6.07) is 4.08. The Morgan fingerprint density at radius 1 is 1.47 bits per heavy atom. The van der Waals surface area contributed by atoms with E-state index in [-0.39, 0.29) is 11.9 Å². The molecule has 2 N–H and O–H groups in total. The minimum atomic E-state index is 0.186. The van der Waals surface area contributed by atoms with Gasteiger partial charge in [0.2, 0.25) is 5.91 Å². The van der Waals surface area contributed by atoms with Crippen LogP contribution in [0, 0.1) is 5.92 Å². The van der Waals surface area contributed by atoms with Crippen LogP contribution in [0.2, 0.25) is 0 Å². The summed E-state index contributed by atoms with van der Waals surface area (Å²) in [5.74, 6) is 0.545. The lowest BCUT2D eigenvalue weighted by molar-refractivity contribution is -0.131. The molecule has 4 heteroatoms. The lowest BCUT2D eigenvalue weighted by Gasteiger charge is -2.29. The molecule has 0 bridgehead atoms. The fourth-order valence-corrected chi connectivity index (χ4v) is 2.72. The second-order valence-electron chi connectivity index (χ2n) is 5.52. The Labute approximate surface area is 115 Å². The first-order valence-corrected chi connectivity index (χ1v) is 7.05. The summed E-state index contributed by atoms with van der Waals surface area (Å²) < 4.78 is 0. The van der Waals surface area contributed by atoms with Crippen LogP contribution in [-0.2, 0) is 11.3 Å². The van der Waals surface area contributed by atoms with Crippen LogP contribution in [0.3, 0.4) is 0 Å². The van der Waals surface area contributed by atoms with Crippen LogP contribution < -0.4 is 5.73 Å². The van der Waals surface area contributed by atoms with Crippen molar-refractivity contribution in [3.63, 3.8) is 0 Å². The van der Waals surface area contributed by atoms with Gasteiger partial charge in [-0.15, -0.1) is 0 Å². The van der Waals surface area contributed by atoms with E-state index >= 15 is 0 Å². The average Bonchev–Trinajstić information content (AvgIpc) is 2.42. The zero-order valence-electron chi connectivity index (χ0n) is 11.6. The molecule has 0 aliphatic heterocycles. The maximum absolute atomic E-state index is 12.2. The average molecular weight is 261 g/mol. The molecule has 4 nitrogen and oxygen atoms in total. The van der Waals surface area contributed by atoms with Crippen molar-refractivity contribution in [2.75, 3.05) is 7.05 Å². The highest BCUT2D eigenvalue weighted by atomic mass is 16.2. The van der Waals surface area contributed by atoms with Crippen LogP contribution in [0.5, 0.6) is 0 Å². The van der Waals surface area contributed by atoms with Crippen molar-refractivity contribution in [1.82, 2.24) is 9.88 Å². The summed E-state index contributed by atoms with van der Waals surface area (Å²) in [6.07, 6.45) is 8.69. The first-order valence-electron chi connectivity index (χ1n) is 7.05. The van der Waals surface area contributed by atoms with Crippen LogP contribution in [0.25, 0.3) is 0 Å². The number of hydrogen-bond acceptors (Lipinski definition) is 3. The van der Waals surface area contributed by atoms with Crippen LogP contribution in [0.15, 0.2) is 24.5 Å². The van der Waals surface area contributed by atoms with Crippen molar-refractivity contribution in [2.45, 2.75) is 44.7 Å². The Morgan fingerprint density at radius 3 is 2.95 bits per heavy atom. The van der Waals surface area contributed by atoms with Crippen LogP contribution >= 0.6 is 0 Å². The van der Waals surface area contributed by atoms with Gasteiger partial charge in [-0.25, -0.2) is 0 Å². The van der Waals surface area contributed by atoms with Gasteiger partial charge in [-0.2, -0.15) is 0 Å². The number of aromatic nitrogens is 1. The van der Waals surface area contributed by atoms with E-state index in [1.165, 1.54) is 12.8 Å². The van der Waals surface area contributed by atoms with Crippen molar-refractivity contribution < 1.29 is 4.79 Å². The normalized spacial score (nSPS) is 23.1. The second kappa shape index (κ2) is 6.66. The Bertz CT molecular complexity index is 407. The van der Waals surface area contributed by atoms with Gasteiger partial charge in [0.05, 0.1) is 0 Å². The minimum absolute atomic E-state index is 0.186. The zero-order valence-corrected chi connectivity index (χ0v) is 11.6. The van der Waals surface area contributed by atoms with Crippen molar-refractivity contribution in [3.8, 4) is 0 Å². The molecule has 0 spiro atoms. The van der Waals surface area contributed by atoms with Gasteiger partial charge >= 0.3 is 0 Å². The molecule has 1 saturated carbocycles. The molecule has 1 fully saturated rings. The second-order valence-corrected chi connectivity index (χ2v) is 5.52. The van der Waals surface area contributed by atoms with Crippen molar-refractivity contribution in [1.29, 1.82) is 0 Å². The van der Waals surface area contributed by atoms with Crippen LogP contribution in [-0.4, -0.2) is 28.9 Å². The third-order valence-corrected chi connectivity index (χ3v) is 3.97. The van der Waals surface area contributed by atoms with E-state index in [0.29, 0.717) is 18.9 Å². The largest absolute Gasteiger partial charge is 0.341 e. The zero-order chi connectivity index (χ0) is 13.7. The molecule has 1 aliphatic rings. The third-order valence-electron chi connectivity index (χ3n) is 3.97. The standard InChI is InChI=1S/C15H23N3O/c1-18(11-12-5-4-8-17-10-12)15(19)9-13-6-2-3-7-14(13)16/h4-5,8,10,13-14H,2-3,6-7,9,11,16H2,1H3. The van der Waals surface area contributed by atoms with E-state index in [9.17, 15) is 4.79 Å². The van der Waals surface area contributed by atoms with Gasteiger partial charge in [0, 0.05) is 38.4 Å². The smallest absolute Gasteiger partial charge is 0.222 e. The highest BCUT2D eigenvalue weighted by Gasteiger charge is 2.25. The highest BCUT2D eigenvalue weighted by molar-refractivity contribution is 5.76. The van der Waals surface area contributed by atoms with E-state index in [1.807, 2.05) is 19.2 Å². The highest BCUT2D eigenvalue weighted by Crippen LogP contribution is 2.26. The fraction of sp³-hybridized carbons (Fsp3) is 0.600. The van der Waals surface area contributed by atoms with Gasteiger partial charge in [0.25, 0.3) is 0 Å². The van der Waals surface area contributed by atoms with Crippen molar-refractivity contribution in [2.24, 2.45) is 11.7 Å². The Balaban J connectivity index is 1.85. The van der Waals surface area contributed by atoms with Crippen molar-refractivity contribution in [3.05, 3.63) is 30.1 Å². The van der Waals surface area contributed by atoms with E-state index in [4.69, 9.17) is 5.73 Å². The molecule has 1 heterocycles. The Kier molecular flexibility index (Phi) is 4.91. The van der Waals surface area contributed by atoms with Gasteiger partial charge in [-0.3, -0.25) is 9.78 Å². The summed E-state index contributed by atoms with van der Waals surface area (Å²) in [5.41, 5.74) is 7.16. The Morgan fingerprint density at radius 2 is 2.26 bits per heavy atom. The van der Waals surface area contributed by atoms with Gasteiger partial charge in [-0.1, -0.05) is 18.9 Å². The molecule has 19 heavy (non-hydrogen) atoms.